The molecule has 0 aliphatic carbocycles. The summed E-state index contributed by atoms with van der Waals surface area (Å²) in [4.78, 5) is 25.1. The normalized spacial score (nSPS) is 14.6. The third-order valence-electron chi connectivity index (χ3n) is 9.75. The van der Waals surface area contributed by atoms with Gasteiger partial charge in [0.25, 0.3) is 7.82 Å². The lowest BCUT2D eigenvalue weighted by molar-refractivity contribution is -0.870. The number of aliphatic hydroxyl groups is 1. The molecule has 0 heterocycles. The number of hydrogen-bond acceptors (Lipinski definition) is 6. The average molecular weight is 745 g/mol. The van der Waals surface area contributed by atoms with Gasteiger partial charge >= 0.3 is 0 Å². The maximum Gasteiger partial charge on any atom is 0.268 e. The number of phosphoric ester groups is 1. The second kappa shape index (κ2) is 35.0. The van der Waals surface area contributed by atoms with Gasteiger partial charge < -0.3 is 28.8 Å². The number of amides is 1. The molecule has 0 bridgehead atoms. The van der Waals surface area contributed by atoms with Crippen molar-refractivity contribution in [3.8, 4) is 0 Å². The molecule has 0 aliphatic rings. The first-order valence-corrected chi connectivity index (χ1v) is 23.0. The van der Waals surface area contributed by atoms with E-state index in [0.717, 1.165) is 38.5 Å². The molecule has 3 atom stereocenters. The lowest BCUT2D eigenvalue weighted by Gasteiger charge is -2.29. The van der Waals surface area contributed by atoms with E-state index in [2.05, 4.69) is 19.2 Å². The second-order valence-corrected chi connectivity index (χ2v) is 17.5. The van der Waals surface area contributed by atoms with Gasteiger partial charge in [0.05, 0.1) is 39.9 Å². The zero-order chi connectivity index (χ0) is 37.9. The van der Waals surface area contributed by atoms with E-state index in [0.29, 0.717) is 17.4 Å². The fourth-order valence-corrected chi connectivity index (χ4v) is 6.99. The number of nitrogens with one attached hydrogen (secondary N) is 1. The number of aliphatic hydroxyl groups excluding tert-OH is 1. The molecule has 8 nitrogen and oxygen atoms in total. The summed E-state index contributed by atoms with van der Waals surface area (Å²) in [5.41, 5.74) is 0. The predicted octanol–water partition coefficient (Wildman–Crippen LogP) is 10.9. The van der Waals surface area contributed by atoms with E-state index in [1.165, 1.54) is 141 Å². The largest absolute Gasteiger partial charge is 0.756 e. The van der Waals surface area contributed by atoms with Crippen LogP contribution in [0.5, 0.6) is 0 Å². The number of carbonyl (C=O) groups excluding carboxylic acids is 1. The SMILES string of the molecule is CCCCCCCCCCCCCCCCCCCCCC/C=C/C(O)C(COP(=O)([O-])OCC[N+](C)(C)C)NC(=O)CCCCCCCCC. The van der Waals surface area contributed by atoms with Gasteiger partial charge in [0, 0.05) is 6.42 Å². The Bertz CT molecular complexity index is 850. The third-order valence-corrected chi connectivity index (χ3v) is 10.7. The molecular weight excluding hydrogens is 659 g/mol. The van der Waals surface area contributed by atoms with Gasteiger partial charge in [0.15, 0.2) is 0 Å². The molecule has 0 aromatic rings. The molecule has 0 spiro atoms. The number of allylic oxidation sites excluding steroid dienone is 1. The molecule has 0 saturated heterocycles. The van der Waals surface area contributed by atoms with Gasteiger partial charge in [-0.05, 0) is 19.3 Å². The topological polar surface area (TPSA) is 108 Å². The molecule has 0 fully saturated rings. The fraction of sp³-hybridized carbons (Fsp3) is 0.929. The Balaban J connectivity index is 4.22. The molecule has 9 heteroatoms. The number of likely N-dealkylation sites (N-methyl/N-ethyl adjacent to an activating group) is 1. The van der Waals surface area contributed by atoms with E-state index in [-0.39, 0.29) is 19.1 Å². The molecule has 0 aliphatic heterocycles. The Morgan fingerprint density at radius 3 is 1.47 bits per heavy atom. The number of carbonyl (C=O) groups is 1. The summed E-state index contributed by atoms with van der Waals surface area (Å²) in [6.07, 6.45) is 38.5. The Hall–Kier alpha value is -0.760. The van der Waals surface area contributed by atoms with Crippen molar-refractivity contribution in [3.63, 3.8) is 0 Å². The molecular formula is C42H85N2O6P. The van der Waals surface area contributed by atoms with Gasteiger partial charge in [-0.15, -0.1) is 0 Å². The van der Waals surface area contributed by atoms with Crippen LogP contribution in [-0.2, 0) is 18.4 Å². The van der Waals surface area contributed by atoms with Gasteiger partial charge in [-0.3, -0.25) is 9.36 Å². The van der Waals surface area contributed by atoms with E-state index in [1.54, 1.807) is 6.08 Å². The van der Waals surface area contributed by atoms with Crippen LogP contribution in [0, 0.1) is 0 Å². The van der Waals surface area contributed by atoms with Crippen LogP contribution in [-0.4, -0.2) is 68.5 Å². The predicted molar refractivity (Wildman–Crippen MR) is 215 cm³/mol. The van der Waals surface area contributed by atoms with E-state index in [9.17, 15) is 19.4 Å². The number of phosphoric acid groups is 1. The number of rotatable bonds is 39. The van der Waals surface area contributed by atoms with Crippen LogP contribution >= 0.6 is 7.82 Å². The van der Waals surface area contributed by atoms with Crippen LogP contribution in [0.25, 0.3) is 0 Å². The standard InChI is InChI=1S/C42H85N2O6P/c1-6-8-10-12-14-15-16-17-18-19-20-21-22-23-24-25-26-27-28-30-31-33-35-41(45)40(39-50-51(47,48)49-38-37-44(3,4)5)43-42(46)36-34-32-29-13-11-9-7-2/h33,35,40-41,45H,6-32,34,36-39H2,1-5H3,(H-,43,46,47,48)/b35-33+. The van der Waals surface area contributed by atoms with Crippen molar-refractivity contribution in [1.82, 2.24) is 5.32 Å². The number of unbranched alkanes of at least 4 members (excludes halogenated alkanes) is 26. The van der Waals surface area contributed by atoms with Gasteiger partial charge in [-0.2, -0.15) is 0 Å². The van der Waals surface area contributed by atoms with Gasteiger partial charge in [0.1, 0.15) is 13.2 Å². The highest BCUT2D eigenvalue weighted by Gasteiger charge is 2.23. The Labute approximate surface area is 316 Å². The van der Waals surface area contributed by atoms with Gasteiger partial charge in [-0.25, -0.2) is 0 Å². The van der Waals surface area contributed by atoms with E-state index in [4.69, 9.17) is 9.05 Å². The molecule has 0 radical (unpaired) electrons. The minimum Gasteiger partial charge on any atom is -0.756 e. The summed E-state index contributed by atoms with van der Waals surface area (Å²) in [7, 11) is 1.27. The van der Waals surface area contributed by atoms with Crippen LogP contribution in [0.15, 0.2) is 12.2 Å². The number of nitrogens with zero attached hydrogens (tertiary/aromatic N) is 1. The highest BCUT2D eigenvalue weighted by Crippen LogP contribution is 2.38. The van der Waals surface area contributed by atoms with E-state index < -0.39 is 20.0 Å². The zero-order valence-corrected chi connectivity index (χ0v) is 35.2. The molecule has 51 heavy (non-hydrogen) atoms. The van der Waals surface area contributed by atoms with Crippen LogP contribution in [0.2, 0.25) is 0 Å². The molecule has 3 unspecified atom stereocenters. The maximum atomic E-state index is 12.7. The molecule has 0 aromatic heterocycles. The summed E-state index contributed by atoms with van der Waals surface area (Å²) < 4.78 is 23.1. The summed E-state index contributed by atoms with van der Waals surface area (Å²) in [6.45, 7) is 4.60. The Morgan fingerprint density at radius 2 is 1.06 bits per heavy atom. The molecule has 0 rings (SSSR count). The minimum absolute atomic E-state index is 0.00148. The quantitative estimate of drug-likeness (QED) is 0.0281. The Kier molecular flexibility index (Phi) is 34.5. The minimum atomic E-state index is -4.57. The van der Waals surface area contributed by atoms with Crippen LogP contribution in [0.4, 0.5) is 0 Å². The summed E-state index contributed by atoms with van der Waals surface area (Å²) in [6, 6.07) is -0.877. The molecule has 0 aromatic carbocycles. The van der Waals surface area contributed by atoms with Gasteiger partial charge in [-0.1, -0.05) is 187 Å². The summed E-state index contributed by atoms with van der Waals surface area (Å²) in [5, 5.41) is 13.7. The van der Waals surface area contributed by atoms with Crippen LogP contribution in [0.3, 0.4) is 0 Å². The average Bonchev–Trinajstić information content (AvgIpc) is 3.07. The van der Waals surface area contributed by atoms with Crippen molar-refractivity contribution >= 4 is 13.7 Å². The van der Waals surface area contributed by atoms with Crippen molar-refractivity contribution in [3.05, 3.63) is 12.2 Å². The summed E-state index contributed by atoms with van der Waals surface area (Å²) in [5.74, 6) is -0.203. The maximum absolute atomic E-state index is 12.7. The molecule has 1 amide bonds. The lowest BCUT2D eigenvalue weighted by atomic mass is 10.0. The fourth-order valence-electron chi connectivity index (χ4n) is 6.27. The van der Waals surface area contributed by atoms with Crippen molar-refractivity contribution in [2.45, 2.75) is 212 Å². The first-order valence-electron chi connectivity index (χ1n) is 21.6. The monoisotopic (exact) mass is 745 g/mol. The molecule has 304 valence electrons. The highest BCUT2D eigenvalue weighted by molar-refractivity contribution is 7.45. The molecule has 2 N–H and O–H groups in total. The van der Waals surface area contributed by atoms with Crippen molar-refractivity contribution in [2.75, 3.05) is 40.9 Å². The molecule has 0 saturated carbocycles. The number of quaternary nitrogens is 1. The first kappa shape index (κ1) is 50.2. The summed E-state index contributed by atoms with van der Waals surface area (Å²) >= 11 is 0. The van der Waals surface area contributed by atoms with Crippen molar-refractivity contribution in [1.29, 1.82) is 0 Å². The van der Waals surface area contributed by atoms with E-state index in [1.807, 2.05) is 27.2 Å². The smallest absolute Gasteiger partial charge is 0.268 e. The van der Waals surface area contributed by atoms with Crippen molar-refractivity contribution < 1.29 is 32.9 Å². The zero-order valence-electron chi connectivity index (χ0n) is 34.3. The van der Waals surface area contributed by atoms with Crippen LogP contribution < -0.4 is 10.2 Å². The van der Waals surface area contributed by atoms with Crippen molar-refractivity contribution in [2.24, 2.45) is 0 Å². The highest BCUT2D eigenvalue weighted by atomic mass is 31.2. The van der Waals surface area contributed by atoms with E-state index >= 15 is 0 Å². The number of hydrogen-bond donors (Lipinski definition) is 2. The second-order valence-electron chi connectivity index (χ2n) is 16.1. The Morgan fingerprint density at radius 1 is 0.667 bits per heavy atom. The third kappa shape index (κ3) is 37.4. The van der Waals surface area contributed by atoms with Gasteiger partial charge in [0.2, 0.25) is 5.91 Å². The van der Waals surface area contributed by atoms with Crippen LogP contribution in [0.1, 0.15) is 200 Å². The first-order chi connectivity index (χ1) is 24.5. The lowest BCUT2D eigenvalue weighted by Crippen LogP contribution is -2.45.